The number of aliphatic hydroxyl groups excluding tert-OH is 1. The van der Waals surface area contributed by atoms with Crippen LogP contribution < -0.4 is 0 Å². The highest BCUT2D eigenvalue weighted by Gasteiger charge is 2.12. The highest BCUT2D eigenvalue weighted by molar-refractivity contribution is 5.49. The van der Waals surface area contributed by atoms with Crippen LogP contribution >= 0.6 is 0 Å². The van der Waals surface area contributed by atoms with Gasteiger partial charge in [0, 0.05) is 6.08 Å². The molecule has 1 aromatic rings. The van der Waals surface area contributed by atoms with E-state index in [0.29, 0.717) is 0 Å². The number of hydrogen-bond donors (Lipinski definition) is 1. The Morgan fingerprint density at radius 1 is 1.21 bits per heavy atom. The molecule has 1 N–H and O–H groups in total. The minimum absolute atomic E-state index is 0.0521. The lowest BCUT2D eigenvalue weighted by molar-refractivity contribution is -0.0114. The van der Waals surface area contributed by atoms with Gasteiger partial charge in [-0.05, 0) is 26.3 Å². The SMILES string of the molecule is CC(C)(C)OC(O)=Cc1ccccc1. The van der Waals surface area contributed by atoms with Crippen LogP contribution in [0.2, 0.25) is 0 Å². The van der Waals surface area contributed by atoms with Gasteiger partial charge in [0.15, 0.2) is 0 Å². The van der Waals surface area contributed by atoms with Gasteiger partial charge in [-0.3, -0.25) is 0 Å². The van der Waals surface area contributed by atoms with Gasteiger partial charge in [0.25, 0.3) is 5.95 Å². The first-order valence-corrected chi connectivity index (χ1v) is 4.62. The molecule has 1 rings (SSSR count). The molecule has 0 saturated carbocycles. The van der Waals surface area contributed by atoms with Crippen molar-refractivity contribution in [3.05, 3.63) is 41.8 Å². The Balaban J connectivity index is 2.70. The Hall–Kier alpha value is -1.44. The maximum absolute atomic E-state index is 9.48. The summed E-state index contributed by atoms with van der Waals surface area (Å²) in [6, 6.07) is 9.57. The molecular weight excluding hydrogens is 176 g/mol. The average Bonchev–Trinajstić information content (AvgIpc) is 2.02. The van der Waals surface area contributed by atoms with E-state index >= 15 is 0 Å². The number of hydrogen-bond acceptors (Lipinski definition) is 2. The minimum atomic E-state index is -0.366. The largest absolute Gasteiger partial charge is 0.481 e. The Morgan fingerprint density at radius 3 is 2.29 bits per heavy atom. The zero-order valence-electron chi connectivity index (χ0n) is 8.82. The molecule has 76 valence electrons. The molecule has 0 aliphatic rings. The van der Waals surface area contributed by atoms with Crippen LogP contribution in [0.15, 0.2) is 36.3 Å². The van der Waals surface area contributed by atoms with E-state index < -0.39 is 0 Å². The first-order chi connectivity index (χ1) is 6.47. The van der Waals surface area contributed by atoms with Crippen molar-refractivity contribution in [3.8, 4) is 0 Å². The molecule has 0 amide bonds. The number of ether oxygens (including phenoxy) is 1. The first kappa shape index (κ1) is 10.6. The number of rotatable bonds is 2. The third-order valence-electron chi connectivity index (χ3n) is 1.50. The van der Waals surface area contributed by atoms with Crippen molar-refractivity contribution in [2.45, 2.75) is 26.4 Å². The fourth-order valence-corrected chi connectivity index (χ4v) is 1.04. The molecule has 1 aromatic carbocycles. The van der Waals surface area contributed by atoms with Crippen LogP contribution in [0.4, 0.5) is 0 Å². The molecule has 2 nitrogen and oxygen atoms in total. The van der Waals surface area contributed by atoms with Crippen LogP contribution in [0.3, 0.4) is 0 Å². The van der Waals surface area contributed by atoms with E-state index in [1.807, 2.05) is 51.1 Å². The summed E-state index contributed by atoms with van der Waals surface area (Å²) in [5.74, 6) is -0.0521. The van der Waals surface area contributed by atoms with Crippen molar-refractivity contribution in [3.63, 3.8) is 0 Å². The van der Waals surface area contributed by atoms with E-state index in [-0.39, 0.29) is 11.5 Å². The van der Waals surface area contributed by atoms with Crippen molar-refractivity contribution in [2.75, 3.05) is 0 Å². The molecule has 0 unspecified atom stereocenters. The van der Waals surface area contributed by atoms with Crippen molar-refractivity contribution in [1.82, 2.24) is 0 Å². The van der Waals surface area contributed by atoms with Gasteiger partial charge in [0.2, 0.25) is 0 Å². The number of aliphatic hydroxyl groups is 1. The maximum atomic E-state index is 9.48. The predicted molar refractivity (Wildman–Crippen MR) is 57.9 cm³/mol. The van der Waals surface area contributed by atoms with Crippen LogP contribution in [0, 0.1) is 0 Å². The minimum Gasteiger partial charge on any atom is -0.481 e. The summed E-state index contributed by atoms with van der Waals surface area (Å²) in [6.07, 6.45) is 1.60. The smallest absolute Gasteiger partial charge is 0.277 e. The second-order valence-corrected chi connectivity index (χ2v) is 4.11. The van der Waals surface area contributed by atoms with E-state index in [9.17, 15) is 5.11 Å². The van der Waals surface area contributed by atoms with E-state index in [0.717, 1.165) is 5.56 Å². The summed E-state index contributed by atoms with van der Waals surface area (Å²) in [6.45, 7) is 5.67. The summed E-state index contributed by atoms with van der Waals surface area (Å²) >= 11 is 0. The lowest BCUT2D eigenvalue weighted by atomic mass is 10.2. The highest BCUT2D eigenvalue weighted by Crippen LogP contribution is 2.14. The Kier molecular flexibility index (Phi) is 3.18. The van der Waals surface area contributed by atoms with Crippen LogP contribution in [0.5, 0.6) is 0 Å². The van der Waals surface area contributed by atoms with Gasteiger partial charge in [0.1, 0.15) is 5.60 Å². The molecule has 0 aromatic heterocycles. The first-order valence-electron chi connectivity index (χ1n) is 4.62. The third kappa shape index (κ3) is 3.99. The Morgan fingerprint density at radius 2 is 1.79 bits per heavy atom. The Bertz CT molecular complexity index is 307. The highest BCUT2D eigenvalue weighted by atomic mass is 16.6. The van der Waals surface area contributed by atoms with Gasteiger partial charge in [-0.15, -0.1) is 0 Å². The zero-order chi connectivity index (χ0) is 10.6. The summed E-state index contributed by atoms with van der Waals surface area (Å²) in [5, 5.41) is 9.48. The van der Waals surface area contributed by atoms with Crippen LogP contribution in [0.1, 0.15) is 26.3 Å². The normalized spacial score (nSPS) is 12.6. The Labute approximate surface area is 84.8 Å². The van der Waals surface area contributed by atoms with E-state index in [1.54, 1.807) is 6.08 Å². The molecule has 0 atom stereocenters. The number of benzene rings is 1. The topological polar surface area (TPSA) is 29.5 Å². The summed E-state index contributed by atoms with van der Waals surface area (Å²) in [7, 11) is 0. The molecule has 14 heavy (non-hydrogen) atoms. The van der Waals surface area contributed by atoms with Crippen LogP contribution in [-0.2, 0) is 4.74 Å². The summed E-state index contributed by atoms with van der Waals surface area (Å²) < 4.78 is 5.26. The summed E-state index contributed by atoms with van der Waals surface area (Å²) in [5.41, 5.74) is 0.560. The van der Waals surface area contributed by atoms with E-state index in [2.05, 4.69) is 0 Å². The van der Waals surface area contributed by atoms with Gasteiger partial charge < -0.3 is 9.84 Å². The molecular formula is C12H16O2. The van der Waals surface area contributed by atoms with Gasteiger partial charge in [0.05, 0.1) is 0 Å². The molecule has 0 spiro atoms. The van der Waals surface area contributed by atoms with Gasteiger partial charge in [-0.2, -0.15) is 0 Å². The third-order valence-corrected chi connectivity index (χ3v) is 1.50. The van der Waals surface area contributed by atoms with Gasteiger partial charge >= 0.3 is 0 Å². The standard InChI is InChI=1S/C12H16O2/c1-12(2,3)14-11(13)9-10-7-5-4-6-8-10/h4-9,13H,1-3H3. The van der Waals surface area contributed by atoms with E-state index in [4.69, 9.17) is 4.74 Å². The van der Waals surface area contributed by atoms with E-state index in [1.165, 1.54) is 0 Å². The van der Waals surface area contributed by atoms with Crippen LogP contribution in [0.25, 0.3) is 6.08 Å². The molecule has 0 radical (unpaired) electrons. The molecule has 0 heterocycles. The van der Waals surface area contributed by atoms with Gasteiger partial charge in [-0.25, -0.2) is 0 Å². The fraction of sp³-hybridized carbons (Fsp3) is 0.333. The van der Waals surface area contributed by atoms with Crippen molar-refractivity contribution >= 4 is 6.08 Å². The van der Waals surface area contributed by atoms with Gasteiger partial charge in [-0.1, -0.05) is 30.3 Å². The lowest BCUT2D eigenvalue weighted by Crippen LogP contribution is -2.18. The second-order valence-electron chi connectivity index (χ2n) is 4.11. The predicted octanol–water partition coefficient (Wildman–Crippen LogP) is 3.36. The molecule has 0 aliphatic heterocycles. The quantitative estimate of drug-likeness (QED) is 0.728. The fourth-order valence-electron chi connectivity index (χ4n) is 1.04. The van der Waals surface area contributed by atoms with Crippen molar-refractivity contribution < 1.29 is 9.84 Å². The van der Waals surface area contributed by atoms with Crippen molar-refractivity contribution in [2.24, 2.45) is 0 Å². The molecule has 0 saturated heterocycles. The van der Waals surface area contributed by atoms with Crippen molar-refractivity contribution in [1.29, 1.82) is 0 Å². The lowest BCUT2D eigenvalue weighted by Gasteiger charge is -2.19. The molecule has 0 bridgehead atoms. The maximum Gasteiger partial charge on any atom is 0.277 e. The molecule has 0 fully saturated rings. The summed E-state index contributed by atoms with van der Waals surface area (Å²) in [4.78, 5) is 0. The zero-order valence-corrected chi connectivity index (χ0v) is 8.82. The monoisotopic (exact) mass is 192 g/mol. The second kappa shape index (κ2) is 4.18. The molecule has 2 heteroatoms. The van der Waals surface area contributed by atoms with Crippen LogP contribution in [-0.4, -0.2) is 10.7 Å². The average molecular weight is 192 g/mol. The molecule has 0 aliphatic carbocycles.